The van der Waals surface area contributed by atoms with Crippen molar-refractivity contribution in [2.45, 2.75) is 32.6 Å². The summed E-state index contributed by atoms with van der Waals surface area (Å²) >= 11 is 3.36. The van der Waals surface area contributed by atoms with Gasteiger partial charge in [0.1, 0.15) is 5.75 Å². The minimum atomic E-state index is -0.217. The Morgan fingerprint density at radius 3 is 2.47 bits per heavy atom. The van der Waals surface area contributed by atoms with Crippen LogP contribution >= 0.6 is 15.9 Å². The number of nitrogens with two attached hydrogens (primary N) is 1. The third-order valence-electron chi connectivity index (χ3n) is 2.55. The second-order valence-corrected chi connectivity index (χ2v) is 5.98. The van der Waals surface area contributed by atoms with Crippen LogP contribution in [0.5, 0.6) is 5.75 Å². The summed E-state index contributed by atoms with van der Waals surface area (Å²) in [5, 5.41) is 10.2. The Bertz CT molecular complexity index is 436. The predicted molar refractivity (Wildman–Crippen MR) is 72.5 cm³/mol. The number of halogens is 1. The minimum absolute atomic E-state index is 0.0687. The monoisotopic (exact) mass is 299 g/mol. The molecule has 3 nitrogen and oxygen atoms in total. The van der Waals surface area contributed by atoms with Gasteiger partial charge >= 0.3 is 0 Å². The molecular formula is C13H18BrNO2. The highest BCUT2D eigenvalue weighted by Gasteiger charge is 2.23. The molecule has 1 aromatic rings. The molecule has 0 aliphatic carbocycles. The lowest BCUT2D eigenvalue weighted by Gasteiger charge is -2.22. The summed E-state index contributed by atoms with van der Waals surface area (Å²) in [6.07, 6.45) is 0.244. The number of hydrogen-bond donors (Lipinski definition) is 2. The van der Waals surface area contributed by atoms with Crippen molar-refractivity contribution in [3.8, 4) is 5.75 Å². The molecule has 0 aliphatic heterocycles. The fourth-order valence-corrected chi connectivity index (χ4v) is 2.11. The number of hydrogen-bond acceptors (Lipinski definition) is 3. The molecule has 17 heavy (non-hydrogen) atoms. The SMILES string of the molecule is CC(C)(C)c1cc(Br)cc(C(=O)CCN)c1O. The molecule has 0 radical (unpaired) electrons. The number of carbonyl (C=O) groups excluding carboxylic acids is 1. The quantitative estimate of drug-likeness (QED) is 0.844. The van der Waals surface area contributed by atoms with Crippen molar-refractivity contribution < 1.29 is 9.90 Å². The zero-order chi connectivity index (χ0) is 13.2. The summed E-state index contributed by atoms with van der Waals surface area (Å²) in [5.41, 5.74) is 6.25. The molecule has 0 saturated carbocycles. The molecule has 0 unspecified atom stereocenters. The number of phenols is 1. The summed E-state index contributed by atoms with van der Waals surface area (Å²) < 4.78 is 0.792. The van der Waals surface area contributed by atoms with Gasteiger partial charge in [-0.15, -0.1) is 0 Å². The van der Waals surface area contributed by atoms with E-state index in [1.165, 1.54) is 0 Å². The Hall–Kier alpha value is -0.870. The van der Waals surface area contributed by atoms with Gasteiger partial charge in [-0.05, 0) is 24.1 Å². The number of phenolic OH excluding ortho intramolecular Hbond substituents is 1. The molecule has 1 rings (SSSR count). The van der Waals surface area contributed by atoms with Crippen molar-refractivity contribution >= 4 is 21.7 Å². The van der Waals surface area contributed by atoms with Gasteiger partial charge in [-0.25, -0.2) is 0 Å². The molecule has 0 saturated heterocycles. The molecule has 0 aliphatic rings. The average Bonchev–Trinajstić information content (AvgIpc) is 2.19. The van der Waals surface area contributed by atoms with Crippen molar-refractivity contribution in [1.82, 2.24) is 0 Å². The predicted octanol–water partition coefficient (Wildman–Crippen LogP) is 2.98. The van der Waals surface area contributed by atoms with Crippen LogP contribution in [0.2, 0.25) is 0 Å². The smallest absolute Gasteiger partial charge is 0.167 e. The standard InChI is InChI=1S/C13H18BrNO2/c1-13(2,3)10-7-8(14)6-9(12(10)17)11(16)4-5-15/h6-7,17H,4-5,15H2,1-3H3. The second-order valence-electron chi connectivity index (χ2n) is 5.06. The van der Waals surface area contributed by atoms with Crippen molar-refractivity contribution in [2.75, 3.05) is 6.54 Å². The van der Waals surface area contributed by atoms with E-state index in [0.29, 0.717) is 5.56 Å². The van der Waals surface area contributed by atoms with Crippen molar-refractivity contribution in [2.24, 2.45) is 5.73 Å². The fourth-order valence-electron chi connectivity index (χ4n) is 1.65. The Labute approximate surface area is 110 Å². The van der Waals surface area contributed by atoms with E-state index in [9.17, 15) is 9.90 Å². The van der Waals surface area contributed by atoms with E-state index >= 15 is 0 Å². The van der Waals surface area contributed by atoms with E-state index in [-0.39, 0.29) is 29.9 Å². The van der Waals surface area contributed by atoms with Crippen molar-refractivity contribution in [3.63, 3.8) is 0 Å². The highest BCUT2D eigenvalue weighted by Crippen LogP contribution is 2.36. The largest absolute Gasteiger partial charge is 0.507 e. The van der Waals surface area contributed by atoms with E-state index in [1.54, 1.807) is 6.07 Å². The van der Waals surface area contributed by atoms with Crippen LogP contribution in [0, 0.1) is 0 Å². The van der Waals surface area contributed by atoms with Crippen LogP contribution in [-0.4, -0.2) is 17.4 Å². The number of rotatable bonds is 3. The van der Waals surface area contributed by atoms with Gasteiger partial charge in [-0.1, -0.05) is 36.7 Å². The van der Waals surface area contributed by atoms with Crippen LogP contribution < -0.4 is 5.73 Å². The van der Waals surface area contributed by atoms with Gasteiger partial charge in [-0.3, -0.25) is 4.79 Å². The van der Waals surface area contributed by atoms with Gasteiger partial charge in [0.15, 0.2) is 5.78 Å². The maximum atomic E-state index is 11.8. The maximum absolute atomic E-state index is 11.8. The molecule has 0 spiro atoms. The third kappa shape index (κ3) is 3.30. The Morgan fingerprint density at radius 2 is 2.00 bits per heavy atom. The number of ketones is 1. The van der Waals surface area contributed by atoms with Crippen LogP contribution in [0.4, 0.5) is 0 Å². The minimum Gasteiger partial charge on any atom is -0.507 e. The average molecular weight is 300 g/mol. The lowest BCUT2D eigenvalue weighted by atomic mass is 9.84. The Balaban J connectivity index is 3.34. The molecule has 0 amide bonds. The molecule has 0 atom stereocenters. The van der Waals surface area contributed by atoms with E-state index in [2.05, 4.69) is 15.9 Å². The first-order valence-corrected chi connectivity index (χ1v) is 6.33. The number of aromatic hydroxyl groups is 1. The van der Waals surface area contributed by atoms with Crippen LogP contribution in [0.25, 0.3) is 0 Å². The number of Topliss-reactive ketones (excluding diaryl/α,β-unsaturated/α-hetero) is 1. The Morgan fingerprint density at radius 1 is 1.41 bits per heavy atom. The summed E-state index contributed by atoms with van der Waals surface area (Å²) in [4.78, 5) is 11.8. The second kappa shape index (κ2) is 5.19. The van der Waals surface area contributed by atoms with Gasteiger partial charge in [0.2, 0.25) is 0 Å². The number of benzene rings is 1. The van der Waals surface area contributed by atoms with Crippen molar-refractivity contribution in [1.29, 1.82) is 0 Å². The molecule has 3 N–H and O–H groups in total. The van der Waals surface area contributed by atoms with E-state index in [0.717, 1.165) is 10.0 Å². The Kier molecular flexibility index (Phi) is 4.33. The van der Waals surface area contributed by atoms with Crippen molar-refractivity contribution in [3.05, 3.63) is 27.7 Å². The molecule has 1 aromatic carbocycles. The van der Waals surface area contributed by atoms with Gasteiger partial charge < -0.3 is 10.8 Å². The first kappa shape index (κ1) is 14.2. The first-order chi connectivity index (χ1) is 7.77. The van der Waals surface area contributed by atoms with Gasteiger partial charge in [0.25, 0.3) is 0 Å². The molecule has 0 bridgehead atoms. The summed E-state index contributed by atoms with van der Waals surface area (Å²) in [6.45, 7) is 6.26. The molecule has 4 heteroatoms. The molecular weight excluding hydrogens is 282 g/mol. The third-order valence-corrected chi connectivity index (χ3v) is 3.01. The molecule has 0 heterocycles. The lowest BCUT2D eigenvalue weighted by molar-refractivity contribution is 0.0982. The van der Waals surface area contributed by atoms with Gasteiger partial charge in [0.05, 0.1) is 5.56 Å². The zero-order valence-electron chi connectivity index (χ0n) is 10.4. The van der Waals surface area contributed by atoms with Crippen LogP contribution in [-0.2, 0) is 5.41 Å². The van der Waals surface area contributed by atoms with Crippen LogP contribution in [0.1, 0.15) is 43.1 Å². The summed E-state index contributed by atoms with van der Waals surface area (Å²) in [5.74, 6) is -0.0593. The van der Waals surface area contributed by atoms with Gasteiger partial charge in [-0.2, -0.15) is 0 Å². The molecule has 94 valence electrons. The van der Waals surface area contributed by atoms with Crippen LogP contribution in [0.15, 0.2) is 16.6 Å². The number of carbonyl (C=O) groups is 1. The maximum Gasteiger partial charge on any atom is 0.167 e. The van der Waals surface area contributed by atoms with Crippen LogP contribution in [0.3, 0.4) is 0 Å². The zero-order valence-corrected chi connectivity index (χ0v) is 12.0. The molecule has 0 aromatic heterocycles. The van der Waals surface area contributed by atoms with E-state index < -0.39 is 0 Å². The topological polar surface area (TPSA) is 63.3 Å². The first-order valence-electron chi connectivity index (χ1n) is 5.53. The van der Waals surface area contributed by atoms with E-state index in [1.807, 2.05) is 26.8 Å². The summed E-state index contributed by atoms with van der Waals surface area (Å²) in [6, 6.07) is 3.48. The summed E-state index contributed by atoms with van der Waals surface area (Å²) in [7, 11) is 0. The normalized spacial score (nSPS) is 11.6. The molecule has 0 fully saturated rings. The van der Waals surface area contributed by atoms with E-state index in [4.69, 9.17) is 5.73 Å². The highest BCUT2D eigenvalue weighted by molar-refractivity contribution is 9.10. The fraction of sp³-hybridized carbons (Fsp3) is 0.462. The lowest BCUT2D eigenvalue weighted by Crippen LogP contribution is -2.14. The van der Waals surface area contributed by atoms with Gasteiger partial charge in [0, 0.05) is 16.5 Å². The highest BCUT2D eigenvalue weighted by atomic mass is 79.9.